The van der Waals surface area contributed by atoms with E-state index in [2.05, 4.69) is 27.5 Å². The summed E-state index contributed by atoms with van der Waals surface area (Å²) in [6.45, 7) is 15.5. The number of unbranched alkanes of at least 4 members (excludes halogenated alkanes) is 1. The lowest BCUT2D eigenvalue weighted by Gasteiger charge is -2.23. The van der Waals surface area contributed by atoms with Crippen molar-refractivity contribution in [2.24, 2.45) is 0 Å². The van der Waals surface area contributed by atoms with Gasteiger partial charge in [0.25, 0.3) is 0 Å². The number of benzene rings is 1. The Morgan fingerprint density at radius 2 is 1.57 bits per heavy atom. The molecule has 4 amide bonds. The fraction of sp³-hybridized carbons (Fsp3) is 0.576. The summed E-state index contributed by atoms with van der Waals surface area (Å²) in [7, 11) is 0. The molecule has 14 nitrogen and oxygen atoms in total. The Balaban J connectivity index is 1.86. The summed E-state index contributed by atoms with van der Waals surface area (Å²) in [6.07, 6.45) is 2.38. The third-order valence-corrected chi connectivity index (χ3v) is 6.38. The van der Waals surface area contributed by atoms with E-state index in [0.29, 0.717) is 44.6 Å². The molecular formula is C33H51N5O9. The quantitative estimate of drug-likeness (QED) is 0.0823. The number of hydrogen-bond donors (Lipinski definition) is 5. The van der Waals surface area contributed by atoms with Crippen LogP contribution in [-0.2, 0) is 20.6 Å². The number of ether oxygens (including phenoxy) is 4. The maximum Gasteiger partial charge on any atom is 0.408 e. The summed E-state index contributed by atoms with van der Waals surface area (Å²) in [5.41, 5.74) is 0.455. The molecule has 0 saturated heterocycles. The average Bonchev–Trinajstić information content (AvgIpc) is 3.35. The van der Waals surface area contributed by atoms with Gasteiger partial charge in [-0.05, 0) is 91.0 Å². The third kappa shape index (κ3) is 16.0. The molecule has 0 aliphatic carbocycles. The molecule has 2 aromatic rings. The SMILES string of the molecule is C=CCOc1ccc2[nH]cc(CC(COC(=O)NCCCN(CCCCNC(=O)OC(C)(C)C)C(=O)O)NC(=O)OC(C)(C)C)c2c1. The molecule has 0 aliphatic heterocycles. The maximum absolute atomic E-state index is 12.6. The molecule has 0 aliphatic rings. The van der Waals surface area contributed by atoms with Crippen molar-refractivity contribution >= 4 is 35.3 Å². The van der Waals surface area contributed by atoms with Gasteiger partial charge in [-0.1, -0.05) is 12.7 Å². The van der Waals surface area contributed by atoms with E-state index in [1.54, 1.807) is 47.6 Å². The zero-order valence-electron chi connectivity index (χ0n) is 28.4. The van der Waals surface area contributed by atoms with Crippen LogP contribution >= 0.6 is 0 Å². The number of carbonyl (C=O) groups is 4. The molecule has 0 radical (unpaired) electrons. The lowest BCUT2D eigenvalue weighted by atomic mass is 10.1. The van der Waals surface area contributed by atoms with E-state index in [4.69, 9.17) is 18.9 Å². The number of aromatic amines is 1. The first kappa shape index (κ1) is 38.6. The zero-order valence-corrected chi connectivity index (χ0v) is 28.4. The van der Waals surface area contributed by atoms with E-state index in [0.717, 1.165) is 16.5 Å². The highest BCUT2D eigenvalue weighted by molar-refractivity contribution is 5.84. The molecule has 0 fully saturated rings. The van der Waals surface area contributed by atoms with Gasteiger partial charge in [0.2, 0.25) is 0 Å². The number of amides is 4. The third-order valence-electron chi connectivity index (χ3n) is 6.38. The van der Waals surface area contributed by atoms with Gasteiger partial charge in [-0.2, -0.15) is 0 Å². The minimum Gasteiger partial charge on any atom is -0.490 e. The van der Waals surface area contributed by atoms with Gasteiger partial charge in [-0.15, -0.1) is 0 Å². The van der Waals surface area contributed by atoms with E-state index in [1.165, 1.54) is 4.90 Å². The van der Waals surface area contributed by atoms with Crippen molar-refractivity contribution in [3.05, 3.63) is 42.6 Å². The maximum atomic E-state index is 12.6. The number of alkyl carbamates (subject to hydrolysis) is 3. The summed E-state index contributed by atoms with van der Waals surface area (Å²) in [5.74, 6) is 0.669. The molecule has 0 bridgehead atoms. The number of aromatic nitrogens is 1. The van der Waals surface area contributed by atoms with Crippen molar-refractivity contribution in [3.8, 4) is 5.75 Å². The average molecular weight is 662 g/mol. The number of H-pyrrole nitrogens is 1. The second kappa shape index (κ2) is 18.5. The van der Waals surface area contributed by atoms with Crippen molar-refractivity contribution in [1.82, 2.24) is 25.8 Å². The minimum absolute atomic E-state index is 0.136. The van der Waals surface area contributed by atoms with Gasteiger partial charge in [0, 0.05) is 43.3 Å². The zero-order chi connectivity index (χ0) is 35.0. The highest BCUT2D eigenvalue weighted by Gasteiger charge is 2.22. The van der Waals surface area contributed by atoms with Crippen LogP contribution in [-0.4, -0.2) is 96.0 Å². The molecule has 0 spiro atoms. The van der Waals surface area contributed by atoms with E-state index in [1.807, 2.05) is 24.4 Å². The summed E-state index contributed by atoms with van der Waals surface area (Å²) in [4.78, 5) is 52.9. The lowest BCUT2D eigenvalue weighted by molar-refractivity contribution is 0.0469. The van der Waals surface area contributed by atoms with Crippen molar-refractivity contribution in [2.75, 3.05) is 39.4 Å². The number of hydrogen-bond acceptors (Lipinski definition) is 8. The van der Waals surface area contributed by atoms with E-state index >= 15 is 0 Å². The van der Waals surface area contributed by atoms with Gasteiger partial charge in [0.15, 0.2) is 0 Å². The van der Waals surface area contributed by atoms with Crippen LogP contribution in [0, 0.1) is 0 Å². The lowest BCUT2D eigenvalue weighted by Crippen LogP contribution is -2.44. The molecule has 5 N–H and O–H groups in total. The molecular weight excluding hydrogens is 610 g/mol. The number of carboxylic acid groups (broad SMARTS) is 1. The second-order valence-electron chi connectivity index (χ2n) is 13.0. The molecule has 14 heteroatoms. The van der Waals surface area contributed by atoms with Gasteiger partial charge < -0.3 is 49.9 Å². The van der Waals surface area contributed by atoms with Gasteiger partial charge in [0.05, 0.1) is 6.04 Å². The smallest absolute Gasteiger partial charge is 0.408 e. The molecule has 1 aromatic carbocycles. The molecule has 262 valence electrons. The Hall–Kier alpha value is -4.62. The summed E-state index contributed by atoms with van der Waals surface area (Å²) < 4.78 is 21.7. The van der Waals surface area contributed by atoms with Crippen LogP contribution in [0.15, 0.2) is 37.1 Å². The topological polar surface area (TPSA) is 181 Å². The van der Waals surface area contributed by atoms with Crippen molar-refractivity contribution < 1.29 is 43.2 Å². The molecule has 47 heavy (non-hydrogen) atoms. The number of nitrogens with one attached hydrogen (secondary N) is 4. The summed E-state index contributed by atoms with van der Waals surface area (Å²) >= 11 is 0. The highest BCUT2D eigenvalue weighted by atomic mass is 16.6. The first-order valence-corrected chi connectivity index (χ1v) is 15.7. The Kier molecular flexibility index (Phi) is 15.2. The molecule has 1 atom stereocenters. The molecule has 2 rings (SSSR count). The van der Waals surface area contributed by atoms with Gasteiger partial charge in [0.1, 0.15) is 30.2 Å². The predicted octanol–water partition coefficient (Wildman–Crippen LogP) is 5.57. The van der Waals surface area contributed by atoms with Gasteiger partial charge in [-0.3, -0.25) is 0 Å². The van der Waals surface area contributed by atoms with Crippen LogP contribution in [0.1, 0.15) is 66.4 Å². The number of fused-ring (bicyclic) bond motifs is 1. The Bertz CT molecular complexity index is 1330. The Labute approximate surface area is 276 Å². The van der Waals surface area contributed by atoms with Gasteiger partial charge in [-0.25, -0.2) is 19.2 Å². The second-order valence-corrected chi connectivity index (χ2v) is 13.0. The standard InChI is InChI=1S/C33H51N5O9/c1-8-18-44-25-12-13-27-26(20-25)23(21-36-27)19-24(37-30(41)47-33(5,6)7)22-45-28(39)34-15-11-17-38(31(42)43)16-10-9-14-35-29(40)46-32(2,3)4/h8,12-13,20-21,24,36H,1,9-11,14-19,22H2,2-7H3,(H,34,39)(H,35,40)(H,37,41)(H,42,43). The molecule has 1 unspecified atom stereocenters. The highest BCUT2D eigenvalue weighted by Crippen LogP contribution is 2.25. The molecule has 0 saturated carbocycles. The Morgan fingerprint density at radius 1 is 0.936 bits per heavy atom. The normalized spacial score (nSPS) is 12.0. The summed E-state index contributed by atoms with van der Waals surface area (Å²) in [6, 6.07) is 5.02. The van der Waals surface area contributed by atoms with E-state index in [-0.39, 0.29) is 26.2 Å². The molecule has 1 heterocycles. The van der Waals surface area contributed by atoms with Crippen molar-refractivity contribution in [3.63, 3.8) is 0 Å². The van der Waals surface area contributed by atoms with E-state index < -0.39 is 41.6 Å². The first-order valence-electron chi connectivity index (χ1n) is 15.7. The van der Waals surface area contributed by atoms with Crippen LogP contribution in [0.25, 0.3) is 10.9 Å². The van der Waals surface area contributed by atoms with Crippen LogP contribution in [0.2, 0.25) is 0 Å². The summed E-state index contributed by atoms with van der Waals surface area (Å²) in [5, 5.41) is 18.5. The van der Waals surface area contributed by atoms with Crippen LogP contribution < -0.4 is 20.7 Å². The van der Waals surface area contributed by atoms with Crippen LogP contribution in [0.4, 0.5) is 19.2 Å². The number of rotatable bonds is 17. The fourth-order valence-corrected chi connectivity index (χ4v) is 4.39. The fourth-order valence-electron chi connectivity index (χ4n) is 4.39. The number of carbonyl (C=O) groups excluding carboxylic acids is 3. The van der Waals surface area contributed by atoms with E-state index in [9.17, 15) is 24.3 Å². The van der Waals surface area contributed by atoms with Gasteiger partial charge >= 0.3 is 24.4 Å². The molecule has 1 aromatic heterocycles. The Morgan fingerprint density at radius 3 is 2.23 bits per heavy atom. The van der Waals surface area contributed by atoms with Crippen LogP contribution in [0.3, 0.4) is 0 Å². The minimum atomic E-state index is -1.07. The van der Waals surface area contributed by atoms with Crippen molar-refractivity contribution in [1.29, 1.82) is 0 Å². The predicted molar refractivity (Wildman–Crippen MR) is 178 cm³/mol. The monoisotopic (exact) mass is 661 g/mol. The first-order chi connectivity index (χ1) is 22.1. The van der Waals surface area contributed by atoms with Crippen LogP contribution in [0.5, 0.6) is 5.75 Å². The largest absolute Gasteiger partial charge is 0.490 e. The number of nitrogens with zero attached hydrogens (tertiary/aromatic N) is 1. The van der Waals surface area contributed by atoms with Crippen molar-refractivity contribution in [2.45, 2.75) is 84.5 Å².